The number of anilines is 3. The molecule has 0 aliphatic carbocycles. The Morgan fingerprint density at radius 3 is 2.22 bits per heavy atom. The number of nitrogens with zero attached hydrogens (tertiary/aromatic N) is 1. The summed E-state index contributed by atoms with van der Waals surface area (Å²) in [5, 5.41) is 4.72. The number of hydrogen-bond donors (Lipinski definition) is 2. The zero-order valence-electron chi connectivity index (χ0n) is 13.4. The smallest absolute Gasteiger partial charge is 0.274 e. The van der Waals surface area contributed by atoms with Gasteiger partial charge in [-0.3, -0.25) is 4.79 Å². The van der Waals surface area contributed by atoms with E-state index in [2.05, 4.69) is 15.6 Å². The summed E-state index contributed by atoms with van der Waals surface area (Å²) in [7, 11) is 0. The summed E-state index contributed by atoms with van der Waals surface area (Å²) >= 11 is 0. The Kier molecular flexibility index (Phi) is 5.02. The van der Waals surface area contributed by atoms with E-state index >= 15 is 0 Å². The van der Waals surface area contributed by atoms with Crippen molar-refractivity contribution in [2.75, 3.05) is 10.6 Å². The largest absolute Gasteiger partial charge is 0.352 e. The van der Waals surface area contributed by atoms with Crippen LogP contribution in [0.5, 0.6) is 0 Å². The molecule has 0 saturated carbocycles. The molecule has 9 heteroatoms. The van der Waals surface area contributed by atoms with Crippen molar-refractivity contribution in [1.82, 2.24) is 4.98 Å². The van der Waals surface area contributed by atoms with Crippen LogP contribution in [0.2, 0.25) is 0 Å². The molecule has 0 atom stereocenters. The average molecular weight is 379 g/mol. The Bertz CT molecular complexity index is 1010. The van der Waals surface area contributed by atoms with Gasteiger partial charge in [0.25, 0.3) is 5.91 Å². The monoisotopic (exact) mass is 379 g/mol. The van der Waals surface area contributed by atoms with Gasteiger partial charge in [-0.25, -0.2) is 26.9 Å². The summed E-state index contributed by atoms with van der Waals surface area (Å²) in [5.74, 6) is -6.84. The molecule has 1 heterocycles. The maximum absolute atomic E-state index is 13.6. The third kappa shape index (κ3) is 4.02. The first-order valence-corrected chi connectivity index (χ1v) is 7.48. The summed E-state index contributed by atoms with van der Waals surface area (Å²) in [6.45, 7) is 0. The third-order valence-corrected chi connectivity index (χ3v) is 3.49. The lowest BCUT2D eigenvalue weighted by molar-refractivity contribution is 0.102. The molecule has 4 nitrogen and oxygen atoms in total. The van der Waals surface area contributed by atoms with Gasteiger partial charge in [0.1, 0.15) is 17.3 Å². The minimum atomic E-state index is -1.62. The van der Waals surface area contributed by atoms with E-state index in [0.717, 1.165) is 30.5 Å². The number of aromatic nitrogens is 1. The van der Waals surface area contributed by atoms with Crippen molar-refractivity contribution >= 4 is 23.0 Å². The molecule has 0 fully saturated rings. The van der Waals surface area contributed by atoms with E-state index in [1.807, 2.05) is 0 Å². The Balaban J connectivity index is 1.73. The molecule has 0 unspecified atom stereocenters. The zero-order valence-corrected chi connectivity index (χ0v) is 13.4. The second kappa shape index (κ2) is 7.40. The van der Waals surface area contributed by atoms with Gasteiger partial charge < -0.3 is 10.6 Å². The lowest BCUT2D eigenvalue weighted by Crippen LogP contribution is -2.14. The van der Waals surface area contributed by atoms with Crippen molar-refractivity contribution < 1.29 is 26.7 Å². The molecular weight excluding hydrogens is 369 g/mol. The van der Waals surface area contributed by atoms with Crippen LogP contribution in [-0.2, 0) is 0 Å². The highest BCUT2D eigenvalue weighted by Crippen LogP contribution is 2.23. The fourth-order valence-corrected chi connectivity index (χ4v) is 2.16. The predicted molar refractivity (Wildman–Crippen MR) is 88.1 cm³/mol. The number of benzene rings is 2. The van der Waals surface area contributed by atoms with Crippen molar-refractivity contribution in [3.63, 3.8) is 0 Å². The Morgan fingerprint density at radius 2 is 1.56 bits per heavy atom. The van der Waals surface area contributed by atoms with Crippen molar-refractivity contribution in [3.8, 4) is 0 Å². The van der Waals surface area contributed by atoms with Gasteiger partial charge >= 0.3 is 0 Å². The van der Waals surface area contributed by atoms with E-state index in [4.69, 9.17) is 0 Å². The molecule has 3 aromatic rings. The molecule has 138 valence electrons. The number of hydrogen-bond acceptors (Lipinski definition) is 3. The molecular formula is C18H10F5N3O. The van der Waals surface area contributed by atoms with Gasteiger partial charge in [0.05, 0.1) is 23.3 Å². The Labute approximate surface area is 149 Å². The van der Waals surface area contributed by atoms with E-state index in [0.29, 0.717) is 6.07 Å². The van der Waals surface area contributed by atoms with Crippen LogP contribution in [0.15, 0.2) is 48.7 Å². The number of pyridine rings is 1. The zero-order chi connectivity index (χ0) is 19.6. The summed E-state index contributed by atoms with van der Waals surface area (Å²) in [6, 6.07) is 7.01. The van der Waals surface area contributed by atoms with E-state index in [1.54, 1.807) is 0 Å². The maximum atomic E-state index is 13.6. The van der Waals surface area contributed by atoms with Gasteiger partial charge in [-0.05, 0) is 36.4 Å². The fraction of sp³-hybridized carbons (Fsp3) is 0. The number of carbonyl (C=O) groups is 1. The summed E-state index contributed by atoms with van der Waals surface area (Å²) < 4.78 is 66.2. The second-order valence-corrected chi connectivity index (χ2v) is 5.36. The minimum Gasteiger partial charge on any atom is -0.352 e. The van der Waals surface area contributed by atoms with Gasteiger partial charge in [0, 0.05) is 6.07 Å². The lowest BCUT2D eigenvalue weighted by atomic mass is 10.2. The molecule has 0 aliphatic heterocycles. The lowest BCUT2D eigenvalue weighted by Gasteiger charge is -2.09. The van der Waals surface area contributed by atoms with Crippen molar-refractivity contribution in [1.29, 1.82) is 0 Å². The molecule has 27 heavy (non-hydrogen) atoms. The van der Waals surface area contributed by atoms with Crippen LogP contribution in [0, 0.1) is 29.1 Å². The summed E-state index contributed by atoms with van der Waals surface area (Å²) in [6.07, 6.45) is 1.15. The highest BCUT2D eigenvalue weighted by molar-refractivity contribution is 6.03. The van der Waals surface area contributed by atoms with Gasteiger partial charge in [-0.15, -0.1) is 0 Å². The van der Waals surface area contributed by atoms with Gasteiger partial charge in [0.15, 0.2) is 17.5 Å². The van der Waals surface area contributed by atoms with Crippen LogP contribution in [0.4, 0.5) is 39.0 Å². The SMILES string of the molecule is O=C(Nc1ccc(F)cc1F)c1ccc(Nc2ccc(F)c(F)c2F)cn1. The van der Waals surface area contributed by atoms with Crippen LogP contribution < -0.4 is 10.6 Å². The minimum absolute atomic E-state index is 0.102. The van der Waals surface area contributed by atoms with E-state index in [-0.39, 0.29) is 22.8 Å². The molecule has 0 aliphatic rings. The van der Waals surface area contributed by atoms with Crippen LogP contribution in [0.3, 0.4) is 0 Å². The van der Waals surface area contributed by atoms with E-state index < -0.39 is 35.0 Å². The topological polar surface area (TPSA) is 54.0 Å². The summed E-state index contributed by atoms with van der Waals surface area (Å²) in [5.41, 5.74) is -0.449. The number of amides is 1. The van der Waals surface area contributed by atoms with Gasteiger partial charge in [-0.2, -0.15) is 0 Å². The van der Waals surface area contributed by atoms with Crippen LogP contribution >= 0.6 is 0 Å². The molecule has 1 amide bonds. The normalized spacial score (nSPS) is 10.6. The molecule has 3 rings (SSSR count). The van der Waals surface area contributed by atoms with Crippen molar-refractivity contribution in [3.05, 3.63) is 83.4 Å². The van der Waals surface area contributed by atoms with Gasteiger partial charge in [-0.1, -0.05) is 0 Å². The Morgan fingerprint density at radius 1 is 0.815 bits per heavy atom. The molecule has 0 radical (unpaired) electrons. The van der Waals surface area contributed by atoms with Crippen LogP contribution in [0.25, 0.3) is 0 Å². The van der Waals surface area contributed by atoms with E-state index in [1.165, 1.54) is 12.1 Å². The first kappa shape index (κ1) is 18.3. The van der Waals surface area contributed by atoms with Crippen molar-refractivity contribution in [2.45, 2.75) is 0 Å². The number of nitrogens with one attached hydrogen (secondary N) is 2. The third-order valence-electron chi connectivity index (χ3n) is 3.49. The quantitative estimate of drug-likeness (QED) is 0.507. The van der Waals surface area contributed by atoms with Crippen molar-refractivity contribution in [2.24, 2.45) is 0 Å². The number of rotatable bonds is 4. The highest BCUT2D eigenvalue weighted by Gasteiger charge is 2.14. The Hall–Kier alpha value is -3.49. The fourth-order valence-electron chi connectivity index (χ4n) is 2.16. The molecule has 2 N–H and O–H groups in total. The first-order valence-electron chi connectivity index (χ1n) is 7.48. The molecule has 2 aromatic carbocycles. The second-order valence-electron chi connectivity index (χ2n) is 5.36. The molecule has 1 aromatic heterocycles. The first-order chi connectivity index (χ1) is 12.8. The van der Waals surface area contributed by atoms with Crippen LogP contribution in [-0.4, -0.2) is 10.9 Å². The highest BCUT2D eigenvalue weighted by atomic mass is 19.2. The number of carbonyl (C=O) groups excluding carboxylic acids is 1. The molecule has 0 saturated heterocycles. The molecule has 0 spiro atoms. The summed E-state index contributed by atoms with van der Waals surface area (Å²) in [4.78, 5) is 15.9. The predicted octanol–water partition coefficient (Wildman–Crippen LogP) is 4.77. The molecule has 0 bridgehead atoms. The van der Waals surface area contributed by atoms with Crippen LogP contribution in [0.1, 0.15) is 10.5 Å². The van der Waals surface area contributed by atoms with E-state index in [9.17, 15) is 26.7 Å². The maximum Gasteiger partial charge on any atom is 0.274 e. The average Bonchev–Trinajstić information content (AvgIpc) is 2.65. The standard InChI is InChI=1S/C18H10F5N3O/c19-9-1-4-13(12(21)7-9)26-18(27)15-5-2-10(8-24-15)25-14-6-3-11(20)16(22)17(14)23/h1-8,25H,(H,26,27). The number of halogens is 5. The van der Waals surface area contributed by atoms with Gasteiger partial charge in [0.2, 0.25) is 0 Å².